The first-order valence-electron chi connectivity index (χ1n) is 6.77. The highest BCUT2D eigenvalue weighted by atomic mass is 32.2. The van der Waals surface area contributed by atoms with Crippen LogP contribution in [0, 0.1) is 0 Å². The minimum atomic E-state index is -2.90. The van der Waals surface area contributed by atoms with Crippen LogP contribution in [0.1, 0.15) is 17.7 Å². The number of hydrogen-bond acceptors (Lipinski definition) is 6. The van der Waals surface area contributed by atoms with E-state index in [9.17, 15) is 13.5 Å². The summed E-state index contributed by atoms with van der Waals surface area (Å²) in [5.74, 6) is 0.466. The predicted molar refractivity (Wildman–Crippen MR) is 79.7 cm³/mol. The van der Waals surface area contributed by atoms with Gasteiger partial charge in [-0.1, -0.05) is 6.07 Å². The quantitative estimate of drug-likeness (QED) is 0.777. The highest BCUT2D eigenvalue weighted by Crippen LogP contribution is 2.12. The Kier molecular flexibility index (Phi) is 5.98. The zero-order chi connectivity index (χ0) is 14.4. The zero-order valence-corrected chi connectivity index (χ0v) is 13.0. The van der Waals surface area contributed by atoms with Crippen LogP contribution in [0.4, 0.5) is 0 Å². The molecule has 114 valence electrons. The molecular formula is C13H21NO4S2. The molecule has 7 heteroatoms. The van der Waals surface area contributed by atoms with E-state index < -0.39 is 15.9 Å². The lowest BCUT2D eigenvalue weighted by Crippen LogP contribution is -2.44. The predicted octanol–water partition coefficient (Wildman–Crippen LogP) is 0.792. The summed E-state index contributed by atoms with van der Waals surface area (Å²) >= 11 is 1.62. The van der Waals surface area contributed by atoms with Crippen LogP contribution in [0.2, 0.25) is 0 Å². The molecule has 2 N–H and O–H groups in total. The van der Waals surface area contributed by atoms with E-state index in [1.165, 1.54) is 0 Å². The molecule has 2 unspecified atom stereocenters. The Morgan fingerprint density at radius 3 is 3.10 bits per heavy atom. The third-order valence-corrected chi connectivity index (χ3v) is 5.91. The number of nitrogens with one attached hydrogen (secondary N) is 1. The van der Waals surface area contributed by atoms with Gasteiger partial charge in [-0.25, -0.2) is 8.42 Å². The minimum Gasteiger partial charge on any atom is -0.389 e. The first-order valence-corrected chi connectivity index (χ1v) is 9.47. The Labute approximate surface area is 123 Å². The topological polar surface area (TPSA) is 75.6 Å². The van der Waals surface area contributed by atoms with Crippen molar-refractivity contribution < 1.29 is 18.3 Å². The normalized spacial score (nSPS) is 23.6. The smallest absolute Gasteiger partial charge is 0.151 e. The molecular weight excluding hydrogens is 298 g/mol. The summed E-state index contributed by atoms with van der Waals surface area (Å²) in [6.07, 6.45) is 0.937. The van der Waals surface area contributed by atoms with E-state index in [1.807, 2.05) is 17.5 Å². The second-order valence-corrected chi connectivity index (χ2v) is 8.37. The molecule has 2 atom stereocenters. The molecule has 1 fully saturated rings. The minimum absolute atomic E-state index is 0.0410. The summed E-state index contributed by atoms with van der Waals surface area (Å²) in [6.45, 7) is 1.13. The molecule has 1 aromatic heterocycles. The summed E-state index contributed by atoms with van der Waals surface area (Å²) in [5, 5.41) is 14.9. The van der Waals surface area contributed by atoms with Crippen molar-refractivity contribution in [1.29, 1.82) is 0 Å². The van der Waals surface area contributed by atoms with Crippen molar-refractivity contribution in [2.75, 3.05) is 24.7 Å². The van der Waals surface area contributed by atoms with Crippen LogP contribution < -0.4 is 5.32 Å². The molecule has 5 nitrogen and oxygen atoms in total. The van der Waals surface area contributed by atoms with E-state index in [-0.39, 0.29) is 24.2 Å². The van der Waals surface area contributed by atoms with Crippen LogP contribution >= 0.6 is 11.3 Å². The molecule has 0 spiro atoms. The molecule has 0 saturated carbocycles. The van der Waals surface area contributed by atoms with Gasteiger partial charge in [0.15, 0.2) is 9.84 Å². The molecule has 1 aliphatic heterocycles. The van der Waals surface area contributed by atoms with Gasteiger partial charge in [-0.3, -0.25) is 0 Å². The lowest BCUT2D eigenvalue weighted by Gasteiger charge is -2.24. The number of hydrogen-bond donors (Lipinski definition) is 2. The number of ether oxygens (including phenoxy) is 1. The zero-order valence-electron chi connectivity index (χ0n) is 11.3. The molecule has 1 aromatic rings. The number of aliphatic hydroxyl groups excluding tert-OH is 1. The average Bonchev–Trinajstić information content (AvgIpc) is 2.88. The van der Waals surface area contributed by atoms with Gasteiger partial charge in [-0.2, -0.15) is 0 Å². The highest BCUT2D eigenvalue weighted by molar-refractivity contribution is 7.91. The van der Waals surface area contributed by atoms with Gasteiger partial charge in [-0.05, 0) is 24.3 Å². The molecule has 2 heterocycles. The average molecular weight is 319 g/mol. The van der Waals surface area contributed by atoms with Crippen molar-refractivity contribution in [1.82, 2.24) is 5.32 Å². The van der Waals surface area contributed by atoms with Crippen LogP contribution in [0.5, 0.6) is 0 Å². The molecule has 0 aliphatic carbocycles. The van der Waals surface area contributed by atoms with Crippen LogP contribution in [-0.2, 0) is 21.2 Å². The van der Waals surface area contributed by atoms with Crippen molar-refractivity contribution in [3.05, 3.63) is 22.4 Å². The van der Waals surface area contributed by atoms with E-state index in [0.29, 0.717) is 19.6 Å². The van der Waals surface area contributed by atoms with E-state index in [0.717, 1.165) is 11.3 Å². The monoisotopic (exact) mass is 319 g/mol. The lowest BCUT2D eigenvalue weighted by atomic mass is 10.2. The first-order chi connectivity index (χ1) is 9.55. The fraction of sp³-hybridized carbons (Fsp3) is 0.692. The second kappa shape index (κ2) is 7.51. The van der Waals surface area contributed by atoms with Crippen LogP contribution in [0.25, 0.3) is 0 Å². The van der Waals surface area contributed by atoms with E-state index in [4.69, 9.17) is 4.74 Å². The summed E-state index contributed by atoms with van der Waals surface area (Å²) < 4.78 is 28.4. The van der Waals surface area contributed by atoms with E-state index >= 15 is 0 Å². The van der Waals surface area contributed by atoms with Crippen molar-refractivity contribution in [3.63, 3.8) is 0 Å². The largest absolute Gasteiger partial charge is 0.389 e. The molecule has 2 rings (SSSR count). The standard InChI is InChI=1S/C13H21NO4S2/c15-12(8-18-9-13-4-1-5-19-13)7-14-11-3-2-6-20(16,17)10-11/h1,4-5,11-12,14-15H,2-3,6-10H2. The fourth-order valence-corrected chi connectivity index (χ4v) is 4.55. The third-order valence-electron chi connectivity index (χ3n) is 3.24. The van der Waals surface area contributed by atoms with Crippen LogP contribution in [0.15, 0.2) is 17.5 Å². The van der Waals surface area contributed by atoms with Crippen LogP contribution in [-0.4, -0.2) is 50.3 Å². The summed E-state index contributed by atoms with van der Waals surface area (Å²) in [4.78, 5) is 1.13. The van der Waals surface area contributed by atoms with Gasteiger partial charge in [0.25, 0.3) is 0 Å². The third kappa shape index (κ3) is 5.49. The maximum atomic E-state index is 11.5. The summed E-state index contributed by atoms with van der Waals surface area (Å²) in [6, 6.07) is 3.91. The van der Waals surface area contributed by atoms with Gasteiger partial charge in [0, 0.05) is 17.5 Å². The van der Waals surface area contributed by atoms with Crippen molar-refractivity contribution in [2.45, 2.75) is 31.6 Å². The number of rotatable bonds is 7. The van der Waals surface area contributed by atoms with Gasteiger partial charge in [0.1, 0.15) is 0 Å². The highest BCUT2D eigenvalue weighted by Gasteiger charge is 2.24. The molecule has 20 heavy (non-hydrogen) atoms. The Bertz CT molecular complexity index is 486. The molecule has 0 aromatic carbocycles. The Morgan fingerprint density at radius 2 is 2.40 bits per heavy atom. The second-order valence-electron chi connectivity index (χ2n) is 5.11. The SMILES string of the molecule is O=S1(=O)CCCC(NCC(O)COCc2cccs2)C1. The molecule has 1 saturated heterocycles. The lowest BCUT2D eigenvalue weighted by molar-refractivity contribution is 0.0287. The van der Waals surface area contributed by atoms with Gasteiger partial charge in [0.05, 0.1) is 30.8 Å². The van der Waals surface area contributed by atoms with Crippen molar-refractivity contribution in [2.24, 2.45) is 0 Å². The van der Waals surface area contributed by atoms with Crippen LogP contribution in [0.3, 0.4) is 0 Å². The number of thiophene rings is 1. The van der Waals surface area contributed by atoms with Gasteiger partial charge < -0.3 is 15.2 Å². The number of sulfone groups is 1. The Hall–Kier alpha value is -0.470. The Morgan fingerprint density at radius 1 is 1.55 bits per heavy atom. The molecule has 0 amide bonds. The maximum Gasteiger partial charge on any atom is 0.151 e. The van der Waals surface area contributed by atoms with Gasteiger partial charge >= 0.3 is 0 Å². The van der Waals surface area contributed by atoms with Crippen molar-refractivity contribution in [3.8, 4) is 0 Å². The molecule has 1 aliphatic rings. The maximum absolute atomic E-state index is 11.5. The molecule has 0 bridgehead atoms. The van der Waals surface area contributed by atoms with Crippen molar-refractivity contribution >= 4 is 21.2 Å². The number of aliphatic hydroxyl groups is 1. The fourth-order valence-electron chi connectivity index (χ4n) is 2.24. The first kappa shape index (κ1) is 15.9. The molecule has 0 radical (unpaired) electrons. The summed E-state index contributed by atoms with van der Waals surface area (Å²) in [5.41, 5.74) is 0. The van der Waals surface area contributed by atoms with Gasteiger partial charge in [0.2, 0.25) is 0 Å². The van der Waals surface area contributed by atoms with E-state index in [1.54, 1.807) is 11.3 Å². The van der Waals surface area contributed by atoms with Gasteiger partial charge in [-0.15, -0.1) is 11.3 Å². The van der Waals surface area contributed by atoms with E-state index in [2.05, 4.69) is 5.32 Å². The summed E-state index contributed by atoms with van der Waals surface area (Å²) in [7, 11) is -2.90. The Balaban J connectivity index is 1.61.